The van der Waals surface area contributed by atoms with Crippen LogP contribution in [0.2, 0.25) is 0 Å². The van der Waals surface area contributed by atoms with Gasteiger partial charge in [0.15, 0.2) is 0 Å². The summed E-state index contributed by atoms with van der Waals surface area (Å²) in [7, 11) is -0.0800. The maximum absolute atomic E-state index is 10.0. The maximum atomic E-state index is 10.0. The molecule has 0 amide bonds. The number of unbranched alkanes of at least 4 members (excludes halogenated alkanes) is 5. The molecular weight excluding hydrogens is 143 g/mol. The molecule has 0 aliphatic heterocycles. The Kier molecular flexibility index (Phi) is 9.19. The van der Waals surface area contributed by atoms with Crippen LogP contribution in [-0.4, -0.2) is 6.16 Å². The first kappa shape index (κ1) is 10.1. The first-order chi connectivity index (χ1) is 4.91. The molecule has 0 heterocycles. The summed E-state index contributed by atoms with van der Waals surface area (Å²) in [4.78, 5) is 0. The molecule has 1 atom stereocenters. The van der Waals surface area contributed by atoms with Crippen molar-refractivity contribution < 1.29 is 4.57 Å². The van der Waals surface area contributed by atoms with E-state index in [0.717, 1.165) is 12.6 Å². The van der Waals surface area contributed by atoms with Gasteiger partial charge >= 0.3 is 8.46 Å². The maximum Gasteiger partial charge on any atom is 0.324 e. The van der Waals surface area contributed by atoms with E-state index in [1.54, 1.807) is 0 Å². The van der Waals surface area contributed by atoms with Crippen molar-refractivity contribution in [2.24, 2.45) is 0 Å². The average molecular weight is 161 g/mol. The molecule has 10 heavy (non-hydrogen) atoms. The summed E-state index contributed by atoms with van der Waals surface area (Å²) in [6.45, 7) is 2.22. The van der Waals surface area contributed by atoms with E-state index in [1.165, 1.54) is 32.1 Å². The molecule has 0 aromatic carbocycles. The molecule has 0 saturated carbocycles. The lowest BCUT2D eigenvalue weighted by atomic mass is 10.1. The Morgan fingerprint density at radius 1 is 1.00 bits per heavy atom. The zero-order valence-corrected chi connectivity index (χ0v) is 7.86. The molecule has 0 bridgehead atoms. The zero-order chi connectivity index (χ0) is 7.66. The van der Waals surface area contributed by atoms with Crippen molar-refractivity contribution in [1.82, 2.24) is 0 Å². The third kappa shape index (κ3) is 8.10. The smallest absolute Gasteiger partial charge is 0.0775 e. The molecule has 0 aromatic rings. The average Bonchev–Trinajstić information content (AvgIpc) is 1.97. The normalized spacial score (nSPS) is 10.5. The molecule has 0 saturated heterocycles. The topological polar surface area (TPSA) is 17.1 Å². The lowest BCUT2D eigenvalue weighted by molar-refractivity contribution is 0.591. The predicted octanol–water partition coefficient (Wildman–Crippen LogP) is 3.37. The number of hydrogen-bond acceptors (Lipinski definition) is 1. The van der Waals surface area contributed by atoms with E-state index in [0.29, 0.717) is 0 Å². The van der Waals surface area contributed by atoms with Crippen molar-refractivity contribution in [2.75, 3.05) is 6.16 Å². The molecule has 0 aromatic heterocycles. The van der Waals surface area contributed by atoms with Gasteiger partial charge in [-0.1, -0.05) is 37.2 Å². The van der Waals surface area contributed by atoms with Gasteiger partial charge in [0.25, 0.3) is 0 Å². The van der Waals surface area contributed by atoms with Crippen LogP contribution in [0.5, 0.6) is 0 Å². The number of rotatable bonds is 7. The second kappa shape index (κ2) is 9.10. The Hall–Kier alpha value is 0.100. The highest BCUT2D eigenvalue weighted by atomic mass is 31.1. The molecular formula is C8H18OP+. The van der Waals surface area contributed by atoms with E-state index in [-0.39, 0.29) is 8.46 Å². The van der Waals surface area contributed by atoms with Gasteiger partial charge in [-0.05, 0) is 12.8 Å². The lowest BCUT2D eigenvalue weighted by Crippen LogP contribution is -1.78. The van der Waals surface area contributed by atoms with E-state index >= 15 is 0 Å². The molecule has 0 N–H and O–H groups in total. The fraction of sp³-hybridized carbons (Fsp3) is 1.00. The van der Waals surface area contributed by atoms with Gasteiger partial charge in [-0.15, -0.1) is 0 Å². The third-order valence-electron chi connectivity index (χ3n) is 1.63. The molecule has 0 spiro atoms. The molecule has 1 nitrogen and oxygen atoms in total. The van der Waals surface area contributed by atoms with Crippen LogP contribution in [0.25, 0.3) is 0 Å². The second-order valence-electron chi connectivity index (χ2n) is 2.66. The summed E-state index contributed by atoms with van der Waals surface area (Å²) in [6, 6.07) is 0. The minimum absolute atomic E-state index is 0.0800. The summed E-state index contributed by atoms with van der Waals surface area (Å²) in [5.74, 6) is 0. The van der Waals surface area contributed by atoms with E-state index < -0.39 is 0 Å². The van der Waals surface area contributed by atoms with Crippen LogP contribution < -0.4 is 0 Å². The largest absolute Gasteiger partial charge is 0.324 e. The van der Waals surface area contributed by atoms with Crippen LogP contribution in [0.3, 0.4) is 0 Å². The molecule has 1 unspecified atom stereocenters. The molecule has 0 rings (SSSR count). The van der Waals surface area contributed by atoms with Crippen LogP contribution in [0.1, 0.15) is 45.4 Å². The summed E-state index contributed by atoms with van der Waals surface area (Å²) in [5, 5.41) is 0. The molecule has 0 radical (unpaired) electrons. The highest BCUT2D eigenvalue weighted by molar-refractivity contribution is 7.23. The lowest BCUT2D eigenvalue weighted by Gasteiger charge is -1.94. The van der Waals surface area contributed by atoms with Crippen molar-refractivity contribution in [3.8, 4) is 0 Å². The van der Waals surface area contributed by atoms with Crippen LogP contribution in [0, 0.1) is 0 Å². The highest BCUT2D eigenvalue weighted by Gasteiger charge is 1.92. The quantitative estimate of drug-likeness (QED) is 0.413. The Morgan fingerprint density at radius 2 is 1.60 bits per heavy atom. The SMILES string of the molecule is CCCCCCCC[PH+]=O. The van der Waals surface area contributed by atoms with Crippen LogP contribution in [0.4, 0.5) is 0 Å². The van der Waals surface area contributed by atoms with Gasteiger partial charge in [0, 0.05) is 0 Å². The Bertz CT molecular complexity index is 73.7. The van der Waals surface area contributed by atoms with E-state index in [1.807, 2.05) is 0 Å². The van der Waals surface area contributed by atoms with Crippen molar-refractivity contribution in [1.29, 1.82) is 0 Å². The van der Waals surface area contributed by atoms with Gasteiger partial charge in [-0.25, -0.2) is 0 Å². The van der Waals surface area contributed by atoms with Gasteiger partial charge < -0.3 is 0 Å². The van der Waals surface area contributed by atoms with Gasteiger partial charge in [0.05, 0.1) is 0 Å². The van der Waals surface area contributed by atoms with Crippen molar-refractivity contribution >= 4 is 8.46 Å². The molecule has 0 fully saturated rings. The van der Waals surface area contributed by atoms with E-state index in [4.69, 9.17) is 0 Å². The molecule has 60 valence electrons. The Balaban J connectivity index is 2.70. The predicted molar refractivity (Wildman–Crippen MR) is 47.2 cm³/mol. The van der Waals surface area contributed by atoms with Crippen LogP contribution in [-0.2, 0) is 4.57 Å². The highest BCUT2D eigenvalue weighted by Crippen LogP contribution is 2.07. The molecule has 0 aliphatic carbocycles. The number of hydrogen-bond donors (Lipinski definition) is 0. The van der Waals surface area contributed by atoms with E-state index in [2.05, 4.69) is 6.92 Å². The summed E-state index contributed by atoms with van der Waals surface area (Å²) in [6.07, 6.45) is 8.70. The van der Waals surface area contributed by atoms with Gasteiger partial charge in [-0.2, -0.15) is 0 Å². The van der Waals surface area contributed by atoms with Crippen LogP contribution in [0.15, 0.2) is 0 Å². The molecule has 2 heteroatoms. The fourth-order valence-electron chi connectivity index (χ4n) is 0.977. The van der Waals surface area contributed by atoms with Gasteiger partial charge in [-0.3, -0.25) is 0 Å². The van der Waals surface area contributed by atoms with Crippen molar-refractivity contribution in [2.45, 2.75) is 45.4 Å². The first-order valence-electron chi connectivity index (χ1n) is 4.26. The molecule has 0 aliphatic rings. The monoisotopic (exact) mass is 161 g/mol. The minimum Gasteiger partial charge on any atom is -0.0775 e. The summed E-state index contributed by atoms with van der Waals surface area (Å²) < 4.78 is 10.0. The fourth-order valence-corrected chi connectivity index (χ4v) is 1.37. The summed E-state index contributed by atoms with van der Waals surface area (Å²) >= 11 is 0. The van der Waals surface area contributed by atoms with Gasteiger partial charge in [0.2, 0.25) is 0 Å². The zero-order valence-electron chi connectivity index (χ0n) is 6.86. The Morgan fingerprint density at radius 3 is 2.20 bits per heavy atom. The van der Waals surface area contributed by atoms with Gasteiger partial charge in [0.1, 0.15) is 6.16 Å². The van der Waals surface area contributed by atoms with Crippen molar-refractivity contribution in [3.05, 3.63) is 0 Å². The third-order valence-corrected chi connectivity index (χ3v) is 2.19. The van der Waals surface area contributed by atoms with Crippen molar-refractivity contribution in [3.63, 3.8) is 0 Å². The first-order valence-corrected chi connectivity index (χ1v) is 5.38. The Labute approximate surface area is 65.4 Å². The summed E-state index contributed by atoms with van der Waals surface area (Å²) in [5.41, 5.74) is 0. The minimum atomic E-state index is -0.0800. The second-order valence-corrected chi connectivity index (χ2v) is 3.45. The standard InChI is InChI=1S/C8H17OP/c1-2-3-4-5-6-7-8-10-9/h2-8H2,1H3/p+1. The van der Waals surface area contributed by atoms with Crippen LogP contribution >= 0.6 is 8.46 Å². The van der Waals surface area contributed by atoms with E-state index in [9.17, 15) is 4.57 Å².